The van der Waals surface area contributed by atoms with Crippen molar-refractivity contribution in [1.82, 2.24) is 0 Å². The number of ether oxygens (including phenoxy) is 2. The molecule has 0 aliphatic heterocycles. The third-order valence-electron chi connectivity index (χ3n) is 3.17. The molecule has 1 unspecified atom stereocenters. The first-order chi connectivity index (χ1) is 11.0. The van der Waals surface area contributed by atoms with Gasteiger partial charge in [-0.05, 0) is 60.1 Å². The van der Waals surface area contributed by atoms with Gasteiger partial charge < -0.3 is 14.6 Å². The number of carbonyl (C=O) groups is 1. The van der Waals surface area contributed by atoms with E-state index in [0.717, 1.165) is 17.7 Å². The van der Waals surface area contributed by atoms with Crippen LogP contribution >= 0.6 is 22.6 Å². The third kappa shape index (κ3) is 7.07. The van der Waals surface area contributed by atoms with E-state index in [1.54, 1.807) is 6.92 Å². The quantitative estimate of drug-likeness (QED) is 0.266. The van der Waals surface area contributed by atoms with E-state index in [9.17, 15) is 9.90 Å². The second-order valence-corrected chi connectivity index (χ2v) is 6.10. The minimum absolute atomic E-state index is 0.0308. The number of benzene rings is 1. The van der Waals surface area contributed by atoms with E-state index in [1.807, 2.05) is 59.9 Å². The van der Waals surface area contributed by atoms with Crippen LogP contribution in [0.3, 0.4) is 0 Å². The summed E-state index contributed by atoms with van der Waals surface area (Å²) in [5.74, 6) is 0.566. The van der Waals surface area contributed by atoms with E-state index in [-0.39, 0.29) is 17.8 Å². The van der Waals surface area contributed by atoms with Gasteiger partial charge in [-0.1, -0.05) is 31.7 Å². The minimum Gasteiger partial charge on any atom is -0.507 e. The van der Waals surface area contributed by atoms with Gasteiger partial charge in [0.05, 0.1) is 10.2 Å². The summed E-state index contributed by atoms with van der Waals surface area (Å²) in [6.45, 7) is 7.70. The molecule has 126 valence electrons. The van der Waals surface area contributed by atoms with Crippen molar-refractivity contribution in [2.24, 2.45) is 0 Å². The van der Waals surface area contributed by atoms with Gasteiger partial charge in [-0.15, -0.1) is 0 Å². The lowest BCUT2D eigenvalue weighted by Gasteiger charge is -2.17. The average molecular weight is 430 g/mol. The summed E-state index contributed by atoms with van der Waals surface area (Å²) in [6.07, 6.45) is 3.32. The molecule has 1 aromatic rings. The first-order valence-corrected chi connectivity index (χ1v) is 8.71. The molecule has 1 rings (SSSR count). The predicted octanol–water partition coefficient (Wildman–Crippen LogP) is 4.73. The summed E-state index contributed by atoms with van der Waals surface area (Å²) in [7, 11) is 0. The number of rotatable bonds is 9. The maximum atomic E-state index is 11.5. The predicted molar refractivity (Wildman–Crippen MR) is 100.0 cm³/mol. The zero-order valence-corrected chi connectivity index (χ0v) is 15.7. The Morgan fingerprint density at radius 1 is 1.39 bits per heavy atom. The van der Waals surface area contributed by atoms with Gasteiger partial charge in [-0.2, -0.15) is 0 Å². The van der Waals surface area contributed by atoms with Crippen LogP contribution in [0.2, 0.25) is 0 Å². The Kier molecular flexibility index (Phi) is 8.76. The summed E-state index contributed by atoms with van der Waals surface area (Å²) >= 11 is 2.03. The van der Waals surface area contributed by atoms with Crippen molar-refractivity contribution in [3.8, 4) is 5.75 Å². The van der Waals surface area contributed by atoms with Crippen LogP contribution < -0.4 is 4.74 Å². The van der Waals surface area contributed by atoms with E-state index in [4.69, 9.17) is 9.47 Å². The van der Waals surface area contributed by atoms with Gasteiger partial charge in [-0.25, -0.2) is 0 Å². The number of hydrogen-bond donors (Lipinski definition) is 1. The molecule has 0 saturated heterocycles. The van der Waals surface area contributed by atoms with Crippen LogP contribution in [0.15, 0.2) is 46.3 Å². The van der Waals surface area contributed by atoms with Crippen LogP contribution in [-0.4, -0.2) is 23.8 Å². The first kappa shape index (κ1) is 19.5. The number of aliphatic hydroxyl groups is 1. The number of halogens is 1. The molecule has 0 aliphatic rings. The molecule has 1 N–H and O–H groups in total. The van der Waals surface area contributed by atoms with Crippen molar-refractivity contribution in [1.29, 1.82) is 0 Å². The fraction of sp³-hybridized carbons (Fsp3) is 0.389. The topological polar surface area (TPSA) is 55.8 Å². The van der Waals surface area contributed by atoms with E-state index in [2.05, 4.69) is 6.58 Å². The fourth-order valence-corrected chi connectivity index (χ4v) is 2.35. The minimum atomic E-state index is -0.208. The first-order valence-electron chi connectivity index (χ1n) is 7.63. The molecular formula is C18H23IO4. The summed E-state index contributed by atoms with van der Waals surface area (Å²) < 4.78 is 11.6. The molecule has 0 aliphatic carbocycles. The average Bonchev–Trinajstić information content (AvgIpc) is 2.53. The van der Waals surface area contributed by atoms with Gasteiger partial charge >= 0.3 is 5.97 Å². The lowest BCUT2D eigenvalue weighted by atomic mass is 10.1. The van der Waals surface area contributed by atoms with Crippen LogP contribution in [-0.2, 0) is 16.0 Å². The number of aliphatic hydroxyl groups excluding tert-OH is 1. The zero-order chi connectivity index (χ0) is 17.2. The van der Waals surface area contributed by atoms with Crippen LogP contribution in [0.25, 0.3) is 0 Å². The number of esters is 1. The second kappa shape index (κ2) is 10.3. The Balaban J connectivity index is 2.81. The monoisotopic (exact) mass is 430 g/mol. The lowest BCUT2D eigenvalue weighted by Crippen LogP contribution is -2.14. The Morgan fingerprint density at radius 3 is 2.70 bits per heavy atom. The zero-order valence-electron chi connectivity index (χ0n) is 13.5. The lowest BCUT2D eigenvalue weighted by molar-refractivity contribution is -0.143. The van der Waals surface area contributed by atoms with Crippen molar-refractivity contribution in [3.63, 3.8) is 0 Å². The highest BCUT2D eigenvalue weighted by Gasteiger charge is 2.12. The van der Waals surface area contributed by atoms with Gasteiger partial charge in [0.2, 0.25) is 0 Å². The molecule has 0 fully saturated rings. The van der Waals surface area contributed by atoms with Gasteiger partial charge in [0.1, 0.15) is 17.6 Å². The van der Waals surface area contributed by atoms with Crippen LogP contribution in [0, 0.1) is 0 Å². The third-order valence-corrected chi connectivity index (χ3v) is 4.15. The molecule has 1 aromatic carbocycles. The smallest absolute Gasteiger partial charge is 0.306 e. The SMILES string of the molecule is C=C(O)/C(I)=C\C(CC)Oc1ccccc1CCC(=O)OCC. The second-order valence-electron chi connectivity index (χ2n) is 4.94. The number of aryl methyl sites for hydroxylation is 1. The van der Waals surface area contributed by atoms with Crippen LogP contribution in [0.1, 0.15) is 32.3 Å². The standard InChI is InChI=1S/C18H23IO4/c1-4-15(12-16(19)13(3)20)23-17-9-7-6-8-14(17)10-11-18(21)22-5-2/h6-9,12,15,20H,3-5,10-11H2,1-2H3/b16-12+. The number of para-hydroxylation sites is 1. The summed E-state index contributed by atoms with van der Waals surface area (Å²) in [6, 6.07) is 7.65. The van der Waals surface area contributed by atoms with E-state index in [1.165, 1.54) is 0 Å². The Bertz CT molecular complexity index is 566. The molecule has 0 amide bonds. The Morgan fingerprint density at radius 2 is 2.09 bits per heavy atom. The fourth-order valence-electron chi connectivity index (χ4n) is 1.95. The molecule has 4 nitrogen and oxygen atoms in total. The van der Waals surface area contributed by atoms with Crippen LogP contribution in [0.5, 0.6) is 5.75 Å². The molecule has 0 bridgehead atoms. The van der Waals surface area contributed by atoms with Crippen LogP contribution in [0.4, 0.5) is 0 Å². The summed E-state index contributed by atoms with van der Waals surface area (Å²) in [5.41, 5.74) is 0.963. The Hall–Kier alpha value is -1.50. The highest BCUT2D eigenvalue weighted by Crippen LogP contribution is 2.24. The van der Waals surface area contributed by atoms with Gasteiger partial charge in [0, 0.05) is 6.42 Å². The highest BCUT2D eigenvalue weighted by atomic mass is 127. The largest absolute Gasteiger partial charge is 0.507 e. The number of carbonyl (C=O) groups excluding carboxylic acids is 1. The van der Waals surface area contributed by atoms with Crippen molar-refractivity contribution in [2.75, 3.05) is 6.61 Å². The van der Waals surface area contributed by atoms with Gasteiger partial charge in [0.25, 0.3) is 0 Å². The molecule has 23 heavy (non-hydrogen) atoms. The molecule has 1 atom stereocenters. The van der Waals surface area contributed by atoms with Crippen molar-refractivity contribution >= 4 is 28.6 Å². The van der Waals surface area contributed by atoms with Gasteiger partial charge in [-0.3, -0.25) is 4.79 Å². The number of hydrogen-bond acceptors (Lipinski definition) is 4. The maximum absolute atomic E-state index is 11.5. The van der Waals surface area contributed by atoms with E-state index in [0.29, 0.717) is 23.0 Å². The van der Waals surface area contributed by atoms with Crippen molar-refractivity contribution in [2.45, 2.75) is 39.2 Å². The molecule has 0 spiro atoms. The molecule has 0 radical (unpaired) electrons. The number of allylic oxidation sites excluding steroid dienone is 1. The normalized spacial score (nSPS) is 12.6. The van der Waals surface area contributed by atoms with E-state index >= 15 is 0 Å². The molecular weight excluding hydrogens is 407 g/mol. The summed E-state index contributed by atoms with van der Waals surface area (Å²) in [4.78, 5) is 11.5. The van der Waals surface area contributed by atoms with Gasteiger partial charge in [0.15, 0.2) is 0 Å². The molecule has 0 heterocycles. The summed E-state index contributed by atoms with van der Waals surface area (Å²) in [5, 5.41) is 9.40. The Labute approximate surface area is 151 Å². The highest BCUT2D eigenvalue weighted by molar-refractivity contribution is 14.1. The van der Waals surface area contributed by atoms with Crippen molar-refractivity contribution in [3.05, 3.63) is 51.8 Å². The molecule has 0 saturated carbocycles. The molecule has 5 heteroatoms. The van der Waals surface area contributed by atoms with E-state index < -0.39 is 0 Å². The molecule has 0 aromatic heterocycles. The maximum Gasteiger partial charge on any atom is 0.306 e. The van der Waals surface area contributed by atoms with Crippen molar-refractivity contribution < 1.29 is 19.4 Å².